The molecule has 2 unspecified atom stereocenters. The Hall–Kier alpha value is -0.260. The van der Waals surface area contributed by atoms with Crippen molar-refractivity contribution in [3.63, 3.8) is 0 Å². The number of aliphatic hydroxyl groups excluding tert-OH is 1. The van der Waals surface area contributed by atoms with Crippen LogP contribution in [0.5, 0.6) is 0 Å². The molecule has 2 N–H and O–H groups in total. The third-order valence-electron chi connectivity index (χ3n) is 3.48. The Morgan fingerprint density at radius 3 is 2.50 bits per heavy atom. The summed E-state index contributed by atoms with van der Waals surface area (Å²) in [5, 5.41) is 12.6. The average Bonchev–Trinajstić information content (AvgIpc) is 2.38. The number of carbonyl (C=O) groups excluding carboxylic acids is 1. The van der Waals surface area contributed by atoms with Gasteiger partial charge in [0.05, 0.1) is 12.1 Å². The van der Waals surface area contributed by atoms with Crippen molar-refractivity contribution in [3.8, 4) is 0 Å². The van der Waals surface area contributed by atoms with Crippen LogP contribution in [-0.4, -0.2) is 59.2 Å². The molecule has 0 aliphatic carbocycles. The molecule has 0 radical (unpaired) electrons. The van der Waals surface area contributed by atoms with E-state index in [0.717, 1.165) is 24.6 Å². The van der Waals surface area contributed by atoms with E-state index < -0.39 is 0 Å². The number of hydrogen-bond donors (Lipinski definition) is 2. The molecule has 1 amide bonds. The van der Waals surface area contributed by atoms with Gasteiger partial charge in [0, 0.05) is 31.1 Å². The first-order valence-corrected chi connectivity index (χ1v) is 7.95. The molecule has 1 aliphatic heterocycles. The molecule has 1 fully saturated rings. The number of thioether (sulfide) groups is 1. The molecular weight excluding hydrogens is 248 g/mol. The number of aliphatic hydroxyl groups is 1. The minimum Gasteiger partial charge on any atom is -0.393 e. The zero-order valence-electron chi connectivity index (χ0n) is 11.7. The van der Waals surface area contributed by atoms with Crippen LogP contribution in [0.1, 0.15) is 27.2 Å². The Labute approximate surface area is 115 Å². The molecule has 0 spiro atoms. The number of amides is 1. The third-order valence-corrected chi connectivity index (χ3v) is 4.42. The van der Waals surface area contributed by atoms with Gasteiger partial charge in [-0.05, 0) is 19.3 Å². The molecule has 4 nitrogen and oxygen atoms in total. The highest BCUT2D eigenvalue weighted by Gasteiger charge is 2.22. The van der Waals surface area contributed by atoms with Crippen LogP contribution in [0.15, 0.2) is 0 Å². The molecule has 106 valence electrons. The van der Waals surface area contributed by atoms with Crippen LogP contribution in [0.4, 0.5) is 0 Å². The van der Waals surface area contributed by atoms with E-state index in [1.54, 1.807) is 0 Å². The lowest BCUT2D eigenvalue weighted by atomic mass is 10.0. The maximum atomic E-state index is 12.0. The maximum Gasteiger partial charge on any atom is 0.237 e. The van der Waals surface area contributed by atoms with Crippen LogP contribution in [0, 0.1) is 5.92 Å². The molecule has 0 aromatic rings. The number of carbonyl (C=O) groups is 1. The highest BCUT2D eigenvalue weighted by atomic mass is 32.2. The zero-order chi connectivity index (χ0) is 13.5. The Balaban J connectivity index is 2.23. The van der Waals surface area contributed by atoms with Crippen molar-refractivity contribution in [1.29, 1.82) is 0 Å². The van der Waals surface area contributed by atoms with E-state index in [2.05, 4.69) is 10.2 Å². The first-order valence-electron chi connectivity index (χ1n) is 6.80. The monoisotopic (exact) mass is 274 g/mol. The fourth-order valence-corrected chi connectivity index (χ4v) is 2.89. The number of rotatable bonds is 6. The molecular formula is C13H26N2O2S. The largest absolute Gasteiger partial charge is 0.393 e. The molecule has 0 saturated carbocycles. The van der Waals surface area contributed by atoms with Crippen LogP contribution in [0.25, 0.3) is 0 Å². The van der Waals surface area contributed by atoms with Gasteiger partial charge in [-0.15, -0.1) is 0 Å². The number of nitrogens with one attached hydrogen (secondary N) is 1. The lowest BCUT2D eigenvalue weighted by molar-refractivity contribution is -0.125. The second-order valence-corrected chi connectivity index (χ2v) is 6.44. The summed E-state index contributed by atoms with van der Waals surface area (Å²) in [5.41, 5.74) is 0. The number of nitrogens with zero attached hydrogens (tertiary/aromatic N) is 1. The summed E-state index contributed by atoms with van der Waals surface area (Å²) in [7, 11) is 0. The zero-order valence-corrected chi connectivity index (χ0v) is 12.5. The minimum atomic E-state index is -0.327. The normalized spacial score (nSPS) is 20.7. The van der Waals surface area contributed by atoms with Crippen LogP contribution in [-0.2, 0) is 4.79 Å². The summed E-state index contributed by atoms with van der Waals surface area (Å²) in [6, 6.07) is -0.0536. The first kappa shape index (κ1) is 15.8. The standard InChI is InChI=1S/C13H26N2O2S/c1-10(2)12(16)4-5-14-13(17)11(3)15-6-8-18-9-7-15/h10-12,16H,4-9H2,1-3H3,(H,14,17). The van der Waals surface area contributed by atoms with Crippen molar-refractivity contribution >= 4 is 17.7 Å². The lowest BCUT2D eigenvalue weighted by Gasteiger charge is -2.31. The van der Waals surface area contributed by atoms with Gasteiger partial charge < -0.3 is 10.4 Å². The molecule has 2 atom stereocenters. The van der Waals surface area contributed by atoms with Crippen molar-refractivity contribution in [3.05, 3.63) is 0 Å². The van der Waals surface area contributed by atoms with Crippen molar-refractivity contribution in [2.75, 3.05) is 31.1 Å². The summed E-state index contributed by atoms with van der Waals surface area (Å²) < 4.78 is 0. The van der Waals surface area contributed by atoms with Gasteiger partial charge in [-0.1, -0.05) is 13.8 Å². The molecule has 0 bridgehead atoms. The molecule has 5 heteroatoms. The van der Waals surface area contributed by atoms with Crippen LogP contribution in [0.3, 0.4) is 0 Å². The fraction of sp³-hybridized carbons (Fsp3) is 0.923. The fourth-order valence-electron chi connectivity index (χ4n) is 1.95. The van der Waals surface area contributed by atoms with Crippen molar-refractivity contribution in [1.82, 2.24) is 10.2 Å². The van der Waals surface area contributed by atoms with Gasteiger partial charge in [-0.3, -0.25) is 9.69 Å². The quantitative estimate of drug-likeness (QED) is 0.757. The summed E-state index contributed by atoms with van der Waals surface area (Å²) in [6.45, 7) is 8.48. The highest BCUT2D eigenvalue weighted by molar-refractivity contribution is 7.99. The van der Waals surface area contributed by atoms with E-state index in [1.807, 2.05) is 32.5 Å². The van der Waals surface area contributed by atoms with Crippen LogP contribution >= 0.6 is 11.8 Å². The smallest absolute Gasteiger partial charge is 0.237 e. The summed E-state index contributed by atoms with van der Waals surface area (Å²) in [5.74, 6) is 2.56. The number of hydrogen-bond acceptors (Lipinski definition) is 4. The molecule has 1 heterocycles. The van der Waals surface area contributed by atoms with Gasteiger partial charge in [-0.2, -0.15) is 11.8 Å². The van der Waals surface area contributed by atoms with Crippen LogP contribution in [0.2, 0.25) is 0 Å². The Morgan fingerprint density at radius 1 is 1.33 bits per heavy atom. The topological polar surface area (TPSA) is 52.6 Å². The van der Waals surface area contributed by atoms with Crippen molar-refractivity contribution in [2.24, 2.45) is 5.92 Å². The SMILES string of the molecule is CC(C)C(O)CCNC(=O)C(C)N1CCSCC1. The highest BCUT2D eigenvalue weighted by Crippen LogP contribution is 2.12. The van der Waals surface area contributed by atoms with Gasteiger partial charge in [-0.25, -0.2) is 0 Å². The molecule has 18 heavy (non-hydrogen) atoms. The van der Waals surface area contributed by atoms with E-state index >= 15 is 0 Å². The maximum absolute atomic E-state index is 12.0. The van der Waals surface area contributed by atoms with Crippen molar-refractivity contribution in [2.45, 2.75) is 39.3 Å². The van der Waals surface area contributed by atoms with E-state index in [4.69, 9.17) is 0 Å². The van der Waals surface area contributed by atoms with E-state index in [1.165, 1.54) is 0 Å². The summed E-state index contributed by atoms with van der Waals surface area (Å²) >= 11 is 1.95. The third kappa shape index (κ3) is 5.16. The summed E-state index contributed by atoms with van der Waals surface area (Å²) in [4.78, 5) is 14.2. The van der Waals surface area contributed by atoms with Crippen molar-refractivity contribution < 1.29 is 9.90 Å². The van der Waals surface area contributed by atoms with Gasteiger partial charge in [0.1, 0.15) is 0 Å². The Bertz CT molecular complexity index is 255. The van der Waals surface area contributed by atoms with E-state index in [9.17, 15) is 9.90 Å². The summed E-state index contributed by atoms with van der Waals surface area (Å²) in [6.07, 6.45) is 0.304. The Morgan fingerprint density at radius 2 is 1.94 bits per heavy atom. The average molecular weight is 274 g/mol. The second kappa shape index (κ2) is 8.02. The second-order valence-electron chi connectivity index (χ2n) is 5.22. The van der Waals surface area contributed by atoms with E-state index in [0.29, 0.717) is 13.0 Å². The molecule has 1 saturated heterocycles. The predicted octanol–water partition coefficient (Wildman–Crippen LogP) is 0.947. The minimum absolute atomic E-state index is 0.0536. The van der Waals surface area contributed by atoms with E-state index in [-0.39, 0.29) is 24.0 Å². The van der Waals surface area contributed by atoms with Gasteiger partial charge in [0.25, 0.3) is 0 Å². The van der Waals surface area contributed by atoms with Gasteiger partial charge in [0.2, 0.25) is 5.91 Å². The molecule has 0 aromatic heterocycles. The van der Waals surface area contributed by atoms with Gasteiger partial charge >= 0.3 is 0 Å². The predicted molar refractivity (Wildman–Crippen MR) is 76.8 cm³/mol. The first-order chi connectivity index (χ1) is 8.52. The van der Waals surface area contributed by atoms with Crippen LogP contribution < -0.4 is 5.32 Å². The molecule has 1 rings (SSSR count). The lowest BCUT2D eigenvalue weighted by Crippen LogP contribution is -2.48. The van der Waals surface area contributed by atoms with Gasteiger partial charge in [0.15, 0.2) is 0 Å². The Kier molecular flexibility index (Phi) is 7.04. The molecule has 0 aromatic carbocycles. The molecule has 1 aliphatic rings.